The molecule has 0 bridgehead atoms. The highest BCUT2D eigenvalue weighted by molar-refractivity contribution is 5.76. The molecule has 0 unspecified atom stereocenters. The van der Waals surface area contributed by atoms with Crippen molar-refractivity contribution in [2.24, 2.45) is 23.5 Å². The van der Waals surface area contributed by atoms with Crippen LogP contribution >= 0.6 is 0 Å². The van der Waals surface area contributed by atoms with Gasteiger partial charge in [-0.2, -0.15) is 5.10 Å². The van der Waals surface area contributed by atoms with E-state index in [4.69, 9.17) is 30.4 Å². The number of esters is 3. The zero-order valence-electron chi connectivity index (χ0n) is 22.3. The maximum Gasteiger partial charge on any atom is 0.323 e. The minimum Gasteiger partial charge on any atom is -0.462 e. The molecule has 1 aliphatic rings. The molecule has 0 aromatic carbocycles. The summed E-state index contributed by atoms with van der Waals surface area (Å²) in [4.78, 5) is 42.0. The summed E-state index contributed by atoms with van der Waals surface area (Å²) < 4.78 is 25.2. The molecule has 0 radical (unpaired) electrons. The van der Waals surface area contributed by atoms with Crippen molar-refractivity contribution in [3.63, 3.8) is 0 Å². The van der Waals surface area contributed by atoms with E-state index in [2.05, 4.69) is 10.1 Å². The Labute approximate surface area is 216 Å². The van der Waals surface area contributed by atoms with E-state index in [9.17, 15) is 14.4 Å². The number of hydrogen-bond donors (Lipinski definition) is 2. The highest BCUT2D eigenvalue weighted by Gasteiger charge is 2.59. The largest absolute Gasteiger partial charge is 0.462 e. The van der Waals surface area contributed by atoms with Gasteiger partial charge in [0.2, 0.25) is 0 Å². The van der Waals surface area contributed by atoms with Gasteiger partial charge in [-0.25, -0.2) is 9.50 Å². The molecule has 5 atom stereocenters. The molecule has 2 aromatic rings. The second kappa shape index (κ2) is 11.0. The maximum atomic E-state index is 12.8. The van der Waals surface area contributed by atoms with E-state index < -0.39 is 59.7 Å². The van der Waals surface area contributed by atoms with Gasteiger partial charge >= 0.3 is 17.9 Å². The minimum atomic E-state index is -1.36. The van der Waals surface area contributed by atoms with Gasteiger partial charge in [0.25, 0.3) is 0 Å². The number of carbonyl (C=O) groups excluding carboxylic acids is 3. The molecule has 1 aliphatic heterocycles. The van der Waals surface area contributed by atoms with Crippen molar-refractivity contribution in [2.45, 2.75) is 78.4 Å². The molecule has 0 spiro atoms. The lowest BCUT2D eigenvalue weighted by molar-refractivity contribution is -0.175. The lowest BCUT2D eigenvalue weighted by atomic mass is 9.92. The summed E-state index contributed by atoms with van der Waals surface area (Å²) in [5.74, 6) is -2.49. The van der Waals surface area contributed by atoms with Gasteiger partial charge in [-0.3, -0.25) is 14.4 Å². The first-order valence-electron chi connectivity index (χ1n) is 12.4. The average molecular weight is 520 g/mol. The Kier molecular flexibility index (Phi) is 8.43. The van der Waals surface area contributed by atoms with Crippen molar-refractivity contribution in [1.29, 1.82) is 0 Å². The Hall–Kier alpha value is -3.25. The maximum absolute atomic E-state index is 12.8. The third-order valence-corrected chi connectivity index (χ3v) is 6.41. The Balaban J connectivity index is 2.07. The zero-order valence-corrected chi connectivity index (χ0v) is 22.3. The summed E-state index contributed by atoms with van der Waals surface area (Å²) in [5, 5.41) is 4.29. The highest BCUT2D eigenvalue weighted by atomic mass is 16.7. The molecule has 204 valence electrons. The van der Waals surface area contributed by atoms with Gasteiger partial charge in [0.15, 0.2) is 18.0 Å². The SMILES string of the molecule is CC(C)C(=O)O[C@H]1[C@@H](OC(=O)C(C)C)[C@](C)(c2ccc3c(N)ncnn23)O[C@@H]1COC(=O)[C@@H](N)C(C)C. The van der Waals surface area contributed by atoms with Crippen molar-refractivity contribution in [1.82, 2.24) is 14.6 Å². The van der Waals surface area contributed by atoms with Crippen LogP contribution in [0.25, 0.3) is 5.52 Å². The van der Waals surface area contributed by atoms with Crippen molar-refractivity contribution in [2.75, 3.05) is 12.3 Å². The van der Waals surface area contributed by atoms with Crippen molar-refractivity contribution in [3.8, 4) is 0 Å². The molecule has 0 amide bonds. The standard InChI is InChI=1S/C25H37N5O7/c1-12(2)18(26)24(33)34-10-16-19(35-22(31)13(3)4)20(36-23(32)14(5)6)25(7,37-16)17-9-8-15-21(27)28-11-29-30(15)17/h8-9,11-14,16,18-20H,10,26H2,1-7H3,(H2,27,28,29)/t16-,18+,19-,20-,25+/m1/s1. The number of nitrogens with zero attached hydrogens (tertiary/aromatic N) is 3. The summed E-state index contributed by atoms with van der Waals surface area (Å²) in [6.45, 7) is 11.8. The molecule has 1 saturated heterocycles. The molecule has 12 nitrogen and oxygen atoms in total. The third-order valence-electron chi connectivity index (χ3n) is 6.41. The molecule has 12 heteroatoms. The van der Waals surface area contributed by atoms with Crippen LogP contribution in [0.5, 0.6) is 0 Å². The molecule has 3 rings (SSSR count). The summed E-state index contributed by atoms with van der Waals surface area (Å²) >= 11 is 0. The smallest absolute Gasteiger partial charge is 0.323 e. The summed E-state index contributed by atoms with van der Waals surface area (Å²) in [6.07, 6.45) is -1.86. The highest BCUT2D eigenvalue weighted by Crippen LogP contribution is 2.44. The average Bonchev–Trinajstić information content (AvgIpc) is 3.38. The van der Waals surface area contributed by atoms with Crippen LogP contribution in [-0.2, 0) is 38.9 Å². The van der Waals surface area contributed by atoms with Crippen LogP contribution < -0.4 is 11.5 Å². The topological polar surface area (TPSA) is 170 Å². The van der Waals surface area contributed by atoms with Crippen LogP contribution in [0, 0.1) is 17.8 Å². The van der Waals surface area contributed by atoms with Gasteiger partial charge in [-0.05, 0) is 25.0 Å². The lowest BCUT2D eigenvalue weighted by Gasteiger charge is -2.31. The Morgan fingerprint density at radius 3 is 2.27 bits per heavy atom. The molecular weight excluding hydrogens is 482 g/mol. The molecular formula is C25H37N5O7. The molecule has 0 aliphatic carbocycles. The number of carbonyl (C=O) groups is 3. The number of ether oxygens (including phenoxy) is 4. The number of rotatable bonds is 9. The second-order valence-corrected chi connectivity index (χ2v) is 10.4. The van der Waals surface area contributed by atoms with Crippen molar-refractivity contribution in [3.05, 3.63) is 24.2 Å². The number of fused-ring (bicyclic) bond motifs is 1. The van der Waals surface area contributed by atoms with Gasteiger partial charge < -0.3 is 30.4 Å². The van der Waals surface area contributed by atoms with Gasteiger partial charge in [-0.1, -0.05) is 41.5 Å². The van der Waals surface area contributed by atoms with Crippen LogP contribution in [0.3, 0.4) is 0 Å². The molecule has 3 heterocycles. The molecule has 37 heavy (non-hydrogen) atoms. The number of aromatic nitrogens is 3. The molecule has 2 aromatic heterocycles. The summed E-state index contributed by atoms with van der Waals surface area (Å²) in [6, 6.07) is 2.60. The first-order valence-corrected chi connectivity index (χ1v) is 12.4. The van der Waals surface area contributed by atoms with Gasteiger partial charge in [0.05, 0.1) is 17.5 Å². The van der Waals surface area contributed by atoms with Crippen LogP contribution in [0.15, 0.2) is 18.5 Å². The third kappa shape index (κ3) is 5.69. The zero-order chi connectivity index (χ0) is 27.7. The number of anilines is 1. The molecule has 1 fully saturated rings. The Bertz CT molecular complexity index is 1150. The van der Waals surface area contributed by atoms with E-state index in [0.717, 1.165) is 0 Å². The predicted molar refractivity (Wildman–Crippen MR) is 133 cm³/mol. The molecule has 0 saturated carbocycles. The monoisotopic (exact) mass is 519 g/mol. The lowest BCUT2D eigenvalue weighted by Crippen LogP contribution is -2.46. The van der Waals surface area contributed by atoms with E-state index in [0.29, 0.717) is 11.2 Å². The number of hydrogen-bond acceptors (Lipinski definition) is 11. The van der Waals surface area contributed by atoms with E-state index in [1.54, 1.807) is 60.6 Å². The molecule has 4 N–H and O–H groups in total. The van der Waals surface area contributed by atoms with E-state index >= 15 is 0 Å². The fourth-order valence-corrected chi connectivity index (χ4v) is 4.00. The van der Waals surface area contributed by atoms with Crippen LogP contribution in [0.4, 0.5) is 5.82 Å². The quantitative estimate of drug-likeness (QED) is 0.364. The van der Waals surface area contributed by atoms with Crippen molar-refractivity contribution >= 4 is 29.2 Å². The second-order valence-electron chi connectivity index (χ2n) is 10.4. The van der Waals surface area contributed by atoms with Crippen LogP contribution in [0.1, 0.15) is 54.2 Å². The fraction of sp³-hybridized carbons (Fsp3) is 0.640. The first-order chi connectivity index (χ1) is 17.3. The Morgan fingerprint density at radius 2 is 1.68 bits per heavy atom. The van der Waals surface area contributed by atoms with Gasteiger partial charge in [0.1, 0.15) is 36.2 Å². The van der Waals surface area contributed by atoms with Crippen molar-refractivity contribution < 1.29 is 33.3 Å². The van der Waals surface area contributed by atoms with E-state index in [1.165, 1.54) is 10.8 Å². The Morgan fingerprint density at radius 1 is 1.05 bits per heavy atom. The van der Waals surface area contributed by atoms with E-state index in [-0.39, 0.29) is 18.3 Å². The van der Waals surface area contributed by atoms with E-state index in [1.807, 2.05) is 0 Å². The van der Waals surface area contributed by atoms with Gasteiger partial charge in [-0.15, -0.1) is 0 Å². The van der Waals surface area contributed by atoms with Crippen LogP contribution in [-0.4, -0.2) is 63.5 Å². The normalized spacial score (nSPS) is 24.6. The summed E-state index contributed by atoms with van der Waals surface area (Å²) in [5.41, 5.74) is 11.6. The summed E-state index contributed by atoms with van der Waals surface area (Å²) in [7, 11) is 0. The fourth-order valence-electron chi connectivity index (χ4n) is 4.00. The van der Waals surface area contributed by atoms with Crippen LogP contribution in [0.2, 0.25) is 0 Å². The number of nitrogens with two attached hydrogens (primary N) is 2. The predicted octanol–water partition coefficient (Wildman–Crippen LogP) is 1.59. The minimum absolute atomic E-state index is 0.145. The number of nitrogen functional groups attached to an aromatic ring is 1. The first kappa shape index (κ1) is 28.3. The van der Waals surface area contributed by atoms with Gasteiger partial charge in [0, 0.05) is 0 Å².